The highest BCUT2D eigenvalue weighted by Gasteiger charge is 2.17. The largest absolute Gasteiger partial charge is 0.355 e. The third-order valence-electron chi connectivity index (χ3n) is 2.91. The van der Waals surface area contributed by atoms with Gasteiger partial charge in [0, 0.05) is 18.8 Å². The third kappa shape index (κ3) is 4.67. The summed E-state index contributed by atoms with van der Waals surface area (Å²) in [6, 6.07) is 4.49. The normalized spacial score (nSPS) is 12.8. The van der Waals surface area contributed by atoms with Gasteiger partial charge in [-0.25, -0.2) is 0 Å². The number of carbonyl (C=O) groups is 2. The SMILES string of the molecule is CNC(=O)c1ccc(NC(=O)C(C)C(C)N)cc1Cl.Cl. The van der Waals surface area contributed by atoms with E-state index < -0.39 is 0 Å². The van der Waals surface area contributed by atoms with Gasteiger partial charge in [0.1, 0.15) is 0 Å². The van der Waals surface area contributed by atoms with Crippen molar-refractivity contribution in [1.29, 1.82) is 0 Å². The van der Waals surface area contributed by atoms with Gasteiger partial charge in [-0.3, -0.25) is 9.59 Å². The Morgan fingerprint density at radius 3 is 2.35 bits per heavy atom. The molecule has 2 atom stereocenters. The van der Waals surface area contributed by atoms with Crippen molar-refractivity contribution in [1.82, 2.24) is 5.32 Å². The van der Waals surface area contributed by atoms with Crippen LogP contribution in [0, 0.1) is 5.92 Å². The molecule has 0 radical (unpaired) electrons. The summed E-state index contributed by atoms with van der Waals surface area (Å²) < 4.78 is 0. The number of hydrogen-bond acceptors (Lipinski definition) is 3. The smallest absolute Gasteiger partial charge is 0.252 e. The standard InChI is InChI=1S/C13H18ClN3O2.ClH/c1-7(8(2)15)12(18)17-9-4-5-10(11(14)6-9)13(19)16-3;/h4-8H,15H2,1-3H3,(H,16,19)(H,17,18);1H. The Morgan fingerprint density at radius 2 is 1.90 bits per heavy atom. The molecule has 0 fully saturated rings. The summed E-state index contributed by atoms with van der Waals surface area (Å²) in [6.07, 6.45) is 0. The van der Waals surface area contributed by atoms with E-state index in [4.69, 9.17) is 17.3 Å². The van der Waals surface area contributed by atoms with Crippen molar-refractivity contribution in [2.75, 3.05) is 12.4 Å². The molecule has 7 heteroatoms. The lowest BCUT2D eigenvalue weighted by Gasteiger charge is -2.15. The van der Waals surface area contributed by atoms with Crippen molar-refractivity contribution >= 4 is 41.5 Å². The maximum absolute atomic E-state index is 11.8. The summed E-state index contributed by atoms with van der Waals surface area (Å²) >= 11 is 5.99. The monoisotopic (exact) mass is 319 g/mol. The van der Waals surface area contributed by atoms with Crippen molar-refractivity contribution in [3.05, 3.63) is 28.8 Å². The van der Waals surface area contributed by atoms with Crippen LogP contribution in [0.3, 0.4) is 0 Å². The molecule has 2 amide bonds. The fraction of sp³-hybridized carbons (Fsp3) is 0.385. The van der Waals surface area contributed by atoms with Crippen LogP contribution in [0.2, 0.25) is 5.02 Å². The van der Waals surface area contributed by atoms with E-state index in [2.05, 4.69) is 10.6 Å². The zero-order valence-electron chi connectivity index (χ0n) is 11.6. The van der Waals surface area contributed by atoms with Gasteiger partial charge in [0.25, 0.3) is 5.91 Å². The summed E-state index contributed by atoms with van der Waals surface area (Å²) in [5.74, 6) is -0.761. The van der Waals surface area contributed by atoms with Crippen LogP contribution in [0.1, 0.15) is 24.2 Å². The number of benzene rings is 1. The minimum atomic E-state index is -0.308. The summed E-state index contributed by atoms with van der Waals surface area (Å²) in [5.41, 5.74) is 6.56. The molecule has 1 aromatic rings. The van der Waals surface area contributed by atoms with Crippen LogP contribution in [0.25, 0.3) is 0 Å². The molecular weight excluding hydrogens is 301 g/mol. The average molecular weight is 320 g/mol. The van der Waals surface area contributed by atoms with Gasteiger partial charge in [-0.2, -0.15) is 0 Å². The molecule has 0 saturated carbocycles. The first-order valence-corrected chi connectivity index (χ1v) is 6.32. The highest BCUT2D eigenvalue weighted by molar-refractivity contribution is 6.34. The van der Waals surface area contributed by atoms with Gasteiger partial charge >= 0.3 is 0 Å². The van der Waals surface area contributed by atoms with Crippen molar-refractivity contribution < 1.29 is 9.59 Å². The van der Waals surface area contributed by atoms with Gasteiger partial charge in [0.15, 0.2) is 0 Å². The first-order chi connectivity index (χ1) is 8.86. The summed E-state index contributed by atoms with van der Waals surface area (Å²) in [4.78, 5) is 23.3. The van der Waals surface area contributed by atoms with E-state index >= 15 is 0 Å². The number of nitrogens with two attached hydrogens (primary N) is 1. The quantitative estimate of drug-likeness (QED) is 0.794. The molecule has 0 heterocycles. The Morgan fingerprint density at radius 1 is 1.30 bits per heavy atom. The van der Waals surface area contributed by atoms with Crippen LogP contribution in [0.5, 0.6) is 0 Å². The fourth-order valence-electron chi connectivity index (χ4n) is 1.41. The molecule has 5 nitrogen and oxygen atoms in total. The molecule has 0 aliphatic carbocycles. The predicted octanol–water partition coefficient (Wildman–Crippen LogP) is 2.04. The highest BCUT2D eigenvalue weighted by atomic mass is 35.5. The number of amides is 2. The summed E-state index contributed by atoms with van der Waals surface area (Å²) in [7, 11) is 1.53. The first kappa shape index (κ1) is 18.7. The van der Waals surface area contributed by atoms with E-state index in [0.717, 1.165) is 0 Å². The molecule has 4 N–H and O–H groups in total. The molecule has 0 aliphatic heterocycles. The maximum Gasteiger partial charge on any atom is 0.252 e. The molecule has 0 aliphatic rings. The number of nitrogens with one attached hydrogen (secondary N) is 2. The van der Waals surface area contributed by atoms with E-state index in [1.54, 1.807) is 26.0 Å². The topological polar surface area (TPSA) is 84.2 Å². The van der Waals surface area contributed by atoms with Crippen LogP contribution in [0.15, 0.2) is 18.2 Å². The molecule has 0 saturated heterocycles. The third-order valence-corrected chi connectivity index (χ3v) is 3.22. The Kier molecular flexibility index (Phi) is 7.57. The lowest BCUT2D eigenvalue weighted by Crippen LogP contribution is -2.34. The molecule has 0 spiro atoms. The van der Waals surface area contributed by atoms with Gasteiger partial charge < -0.3 is 16.4 Å². The van der Waals surface area contributed by atoms with Crippen LogP contribution in [-0.2, 0) is 4.79 Å². The summed E-state index contributed by atoms with van der Waals surface area (Å²) in [6.45, 7) is 3.52. The molecule has 1 aromatic carbocycles. The van der Waals surface area contributed by atoms with E-state index in [9.17, 15) is 9.59 Å². The Bertz CT molecular complexity index is 493. The van der Waals surface area contributed by atoms with E-state index in [-0.39, 0.29) is 41.2 Å². The number of rotatable bonds is 4. The number of hydrogen-bond donors (Lipinski definition) is 3. The van der Waals surface area contributed by atoms with E-state index in [1.165, 1.54) is 13.1 Å². The van der Waals surface area contributed by atoms with Crippen LogP contribution >= 0.6 is 24.0 Å². The van der Waals surface area contributed by atoms with Gasteiger partial charge in [-0.05, 0) is 25.1 Å². The molecule has 0 aromatic heterocycles. The average Bonchev–Trinajstić information content (AvgIpc) is 2.36. The minimum absolute atomic E-state index is 0. The molecule has 0 bridgehead atoms. The summed E-state index contributed by atoms with van der Waals surface area (Å²) in [5, 5.41) is 5.48. The lowest BCUT2D eigenvalue weighted by molar-refractivity contribution is -0.119. The second kappa shape index (κ2) is 8.09. The van der Waals surface area contributed by atoms with Crippen molar-refractivity contribution in [2.24, 2.45) is 11.7 Å². The van der Waals surface area contributed by atoms with Gasteiger partial charge in [-0.1, -0.05) is 18.5 Å². The molecule has 2 unspecified atom stereocenters. The Balaban J connectivity index is 0.00000361. The molecule has 1 rings (SSSR count). The van der Waals surface area contributed by atoms with Crippen molar-refractivity contribution in [3.63, 3.8) is 0 Å². The van der Waals surface area contributed by atoms with Crippen LogP contribution in [-0.4, -0.2) is 24.9 Å². The molecule has 112 valence electrons. The Hall–Kier alpha value is -1.30. The molecule has 20 heavy (non-hydrogen) atoms. The number of carbonyl (C=O) groups excluding carboxylic acids is 2. The second-order valence-electron chi connectivity index (χ2n) is 4.41. The first-order valence-electron chi connectivity index (χ1n) is 5.95. The number of halogens is 2. The fourth-order valence-corrected chi connectivity index (χ4v) is 1.67. The van der Waals surface area contributed by atoms with Gasteiger partial charge in [0.2, 0.25) is 5.91 Å². The van der Waals surface area contributed by atoms with E-state index in [1.807, 2.05) is 0 Å². The van der Waals surface area contributed by atoms with Crippen molar-refractivity contribution in [2.45, 2.75) is 19.9 Å². The minimum Gasteiger partial charge on any atom is -0.355 e. The van der Waals surface area contributed by atoms with Gasteiger partial charge in [-0.15, -0.1) is 12.4 Å². The maximum atomic E-state index is 11.8. The van der Waals surface area contributed by atoms with Gasteiger partial charge in [0.05, 0.1) is 16.5 Å². The zero-order chi connectivity index (χ0) is 14.6. The van der Waals surface area contributed by atoms with Crippen LogP contribution < -0.4 is 16.4 Å². The predicted molar refractivity (Wildman–Crippen MR) is 83.5 cm³/mol. The highest BCUT2D eigenvalue weighted by Crippen LogP contribution is 2.21. The van der Waals surface area contributed by atoms with E-state index in [0.29, 0.717) is 11.3 Å². The second-order valence-corrected chi connectivity index (χ2v) is 4.82. The molecular formula is C13H19Cl2N3O2. The van der Waals surface area contributed by atoms with Crippen molar-refractivity contribution in [3.8, 4) is 0 Å². The number of anilines is 1. The Labute approximate surface area is 129 Å². The van der Waals surface area contributed by atoms with Crippen LogP contribution in [0.4, 0.5) is 5.69 Å². The zero-order valence-corrected chi connectivity index (χ0v) is 13.1. The lowest BCUT2D eigenvalue weighted by atomic mass is 10.0.